The molecule has 1 atom stereocenters. The van der Waals surface area contributed by atoms with Crippen molar-refractivity contribution in [2.24, 2.45) is 0 Å². The van der Waals surface area contributed by atoms with Crippen LogP contribution in [0.3, 0.4) is 0 Å². The molecule has 1 aliphatic rings. The van der Waals surface area contributed by atoms with Crippen LogP contribution in [-0.2, 0) is 0 Å². The molecular formula is C19H28INO. The minimum Gasteiger partial charge on any atom is -0.293 e. The topological polar surface area (TPSA) is 20.3 Å². The molecule has 0 aromatic heterocycles. The number of carbonyl (C=O) groups is 1. The maximum Gasteiger partial charge on any atom is 0.179 e. The number of ketones is 1. The van der Waals surface area contributed by atoms with Gasteiger partial charge in [0.15, 0.2) is 5.78 Å². The Morgan fingerprint density at radius 3 is 2.36 bits per heavy atom. The van der Waals surface area contributed by atoms with Crippen molar-refractivity contribution in [2.45, 2.75) is 64.3 Å². The van der Waals surface area contributed by atoms with Gasteiger partial charge in [0.2, 0.25) is 0 Å². The van der Waals surface area contributed by atoms with Crippen LogP contribution < -0.4 is 0 Å². The van der Waals surface area contributed by atoms with Gasteiger partial charge in [-0.25, -0.2) is 0 Å². The van der Waals surface area contributed by atoms with E-state index >= 15 is 0 Å². The van der Waals surface area contributed by atoms with Crippen LogP contribution in [0, 0.1) is 3.57 Å². The molecule has 22 heavy (non-hydrogen) atoms. The summed E-state index contributed by atoms with van der Waals surface area (Å²) in [6.07, 6.45) is 9.85. The number of halogens is 1. The van der Waals surface area contributed by atoms with Crippen LogP contribution in [0.4, 0.5) is 0 Å². The average molecular weight is 413 g/mol. The molecule has 0 amide bonds. The highest BCUT2D eigenvalue weighted by atomic mass is 127. The first-order valence-electron chi connectivity index (χ1n) is 8.76. The van der Waals surface area contributed by atoms with Crippen LogP contribution in [0.5, 0.6) is 0 Å². The highest BCUT2D eigenvalue weighted by Crippen LogP contribution is 2.21. The second kappa shape index (κ2) is 9.66. The summed E-state index contributed by atoms with van der Waals surface area (Å²) in [7, 11) is 0. The minimum atomic E-state index is 0.101. The molecule has 122 valence electrons. The highest BCUT2D eigenvalue weighted by molar-refractivity contribution is 14.1. The van der Waals surface area contributed by atoms with E-state index in [-0.39, 0.29) is 6.04 Å². The van der Waals surface area contributed by atoms with Crippen molar-refractivity contribution >= 4 is 28.4 Å². The molecule has 0 radical (unpaired) electrons. The molecule has 1 saturated heterocycles. The van der Waals surface area contributed by atoms with Crippen LogP contribution in [0.15, 0.2) is 24.3 Å². The summed E-state index contributed by atoms with van der Waals surface area (Å²) in [6, 6.07) is 8.16. The predicted molar refractivity (Wildman–Crippen MR) is 101 cm³/mol. The van der Waals surface area contributed by atoms with Crippen molar-refractivity contribution in [3.63, 3.8) is 0 Å². The van der Waals surface area contributed by atoms with E-state index in [2.05, 4.69) is 34.4 Å². The number of hydrogen-bond acceptors (Lipinski definition) is 2. The fraction of sp³-hybridized carbons (Fsp3) is 0.632. The molecule has 0 spiro atoms. The van der Waals surface area contributed by atoms with E-state index in [4.69, 9.17) is 0 Å². The van der Waals surface area contributed by atoms with Gasteiger partial charge in [-0.05, 0) is 67.1 Å². The first-order chi connectivity index (χ1) is 10.7. The van der Waals surface area contributed by atoms with E-state index in [1.54, 1.807) is 0 Å². The van der Waals surface area contributed by atoms with Crippen LogP contribution in [0.2, 0.25) is 0 Å². The molecule has 2 rings (SSSR count). The van der Waals surface area contributed by atoms with E-state index in [0.29, 0.717) is 5.78 Å². The van der Waals surface area contributed by atoms with Gasteiger partial charge in [-0.2, -0.15) is 0 Å². The summed E-state index contributed by atoms with van der Waals surface area (Å²) >= 11 is 2.29. The standard InChI is InChI=1S/C19H28INO/c1-2-3-4-5-6-9-18(21-14-7-8-15-21)19(22)16-10-12-17(20)13-11-16/h10-13,18H,2-9,14-15H2,1H3. The average Bonchev–Trinajstić information content (AvgIpc) is 3.05. The third-order valence-corrected chi connectivity index (χ3v) is 5.31. The smallest absolute Gasteiger partial charge is 0.179 e. The molecule has 1 heterocycles. The molecule has 0 N–H and O–H groups in total. The van der Waals surface area contributed by atoms with Crippen LogP contribution in [0.1, 0.15) is 68.6 Å². The third-order valence-electron chi connectivity index (χ3n) is 4.59. The summed E-state index contributed by atoms with van der Waals surface area (Å²) < 4.78 is 1.19. The van der Waals surface area contributed by atoms with Gasteiger partial charge in [-0.1, -0.05) is 51.2 Å². The van der Waals surface area contributed by atoms with Gasteiger partial charge in [0.1, 0.15) is 0 Å². The van der Waals surface area contributed by atoms with Crippen LogP contribution in [-0.4, -0.2) is 29.8 Å². The minimum absolute atomic E-state index is 0.101. The highest BCUT2D eigenvalue weighted by Gasteiger charge is 2.28. The Morgan fingerprint density at radius 1 is 1.09 bits per heavy atom. The lowest BCUT2D eigenvalue weighted by atomic mass is 9.97. The Balaban J connectivity index is 1.96. The van der Waals surface area contributed by atoms with Gasteiger partial charge in [0.05, 0.1) is 6.04 Å². The first-order valence-corrected chi connectivity index (χ1v) is 9.84. The molecule has 0 bridgehead atoms. The molecule has 0 saturated carbocycles. The number of carbonyl (C=O) groups excluding carboxylic acids is 1. The van der Waals surface area contributed by atoms with Crippen molar-refractivity contribution in [3.05, 3.63) is 33.4 Å². The lowest BCUT2D eigenvalue weighted by Crippen LogP contribution is -2.39. The largest absolute Gasteiger partial charge is 0.293 e. The molecule has 2 nitrogen and oxygen atoms in total. The first kappa shape index (κ1) is 17.9. The maximum absolute atomic E-state index is 12.9. The zero-order chi connectivity index (χ0) is 15.8. The third kappa shape index (κ3) is 5.34. The monoisotopic (exact) mass is 413 g/mol. The van der Waals surface area contributed by atoms with Crippen molar-refractivity contribution in [1.29, 1.82) is 0 Å². The summed E-state index contributed by atoms with van der Waals surface area (Å²) in [4.78, 5) is 15.3. The molecule has 1 unspecified atom stereocenters. The van der Waals surface area contributed by atoms with Crippen LogP contribution in [0.25, 0.3) is 0 Å². The number of likely N-dealkylation sites (tertiary alicyclic amines) is 1. The van der Waals surface area contributed by atoms with Crippen LogP contribution >= 0.6 is 22.6 Å². The van der Waals surface area contributed by atoms with Gasteiger partial charge in [0, 0.05) is 9.13 Å². The van der Waals surface area contributed by atoms with E-state index in [1.165, 1.54) is 48.5 Å². The number of rotatable bonds is 9. The van der Waals surface area contributed by atoms with E-state index in [9.17, 15) is 4.79 Å². The van der Waals surface area contributed by atoms with Crippen molar-refractivity contribution in [2.75, 3.05) is 13.1 Å². The summed E-state index contributed by atoms with van der Waals surface area (Å²) in [5, 5.41) is 0. The lowest BCUT2D eigenvalue weighted by molar-refractivity contribution is 0.0834. The van der Waals surface area contributed by atoms with Crippen molar-refractivity contribution < 1.29 is 4.79 Å². The van der Waals surface area contributed by atoms with Gasteiger partial charge < -0.3 is 0 Å². The number of unbranched alkanes of at least 4 members (excludes halogenated alkanes) is 4. The maximum atomic E-state index is 12.9. The Labute approximate surface area is 148 Å². The summed E-state index contributed by atoms with van der Waals surface area (Å²) in [5.41, 5.74) is 0.880. The second-order valence-corrected chi connectivity index (χ2v) is 7.58. The SMILES string of the molecule is CCCCCCCC(C(=O)c1ccc(I)cc1)N1CCCC1. The van der Waals surface area contributed by atoms with Gasteiger partial charge >= 0.3 is 0 Å². The Hall–Kier alpha value is -0.420. The van der Waals surface area contributed by atoms with Gasteiger partial charge in [-0.3, -0.25) is 9.69 Å². The van der Waals surface area contributed by atoms with E-state index < -0.39 is 0 Å². The summed E-state index contributed by atoms with van der Waals surface area (Å²) in [5.74, 6) is 0.328. The molecule has 1 aliphatic heterocycles. The normalized spacial score (nSPS) is 16.8. The Morgan fingerprint density at radius 2 is 1.73 bits per heavy atom. The fourth-order valence-electron chi connectivity index (χ4n) is 3.28. The lowest BCUT2D eigenvalue weighted by Gasteiger charge is -2.26. The molecule has 1 aromatic rings. The van der Waals surface area contributed by atoms with Crippen molar-refractivity contribution in [1.82, 2.24) is 4.90 Å². The van der Waals surface area contributed by atoms with Gasteiger partial charge in [0.25, 0.3) is 0 Å². The molecule has 3 heteroatoms. The summed E-state index contributed by atoms with van der Waals surface area (Å²) in [6.45, 7) is 4.43. The van der Waals surface area contributed by atoms with Crippen molar-refractivity contribution in [3.8, 4) is 0 Å². The predicted octanol–water partition coefficient (Wildman–Crippen LogP) is 5.30. The van der Waals surface area contributed by atoms with Gasteiger partial charge in [-0.15, -0.1) is 0 Å². The van der Waals surface area contributed by atoms with E-state index in [0.717, 1.165) is 25.1 Å². The zero-order valence-corrected chi connectivity index (χ0v) is 15.8. The zero-order valence-electron chi connectivity index (χ0n) is 13.7. The number of Topliss-reactive ketones (excluding diaryl/α,β-unsaturated/α-hetero) is 1. The number of hydrogen-bond donors (Lipinski definition) is 0. The second-order valence-electron chi connectivity index (χ2n) is 6.33. The van der Waals surface area contributed by atoms with E-state index in [1.807, 2.05) is 24.3 Å². The molecule has 1 fully saturated rings. The fourth-order valence-corrected chi connectivity index (χ4v) is 3.64. The molecule has 1 aromatic carbocycles. The Kier molecular flexibility index (Phi) is 7.87. The molecular weight excluding hydrogens is 385 g/mol. The molecule has 0 aliphatic carbocycles. The number of benzene rings is 1. The quantitative estimate of drug-likeness (QED) is 0.311. The number of nitrogens with zero attached hydrogens (tertiary/aromatic N) is 1. The Bertz CT molecular complexity index is 451.